The monoisotopic (exact) mass is 310 g/mol. The molecule has 0 aliphatic heterocycles. The van der Waals surface area contributed by atoms with Gasteiger partial charge in [-0.2, -0.15) is 0 Å². The number of nitrogens with zero attached hydrogens (tertiary/aromatic N) is 3. The van der Waals surface area contributed by atoms with Gasteiger partial charge in [-0.25, -0.2) is 4.98 Å². The van der Waals surface area contributed by atoms with E-state index in [2.05, 4.69) is 18.8 Å². The molecule has 2 rings (SSSR count). The first-order valence-corrected chi connectivity index (χ1v) is 8.46. The predicted octanol–water partition coefficient (Wildman–Crippen LogP) is 2.83. The fraction of sp³-hybridized carbons (Fsp3) is 0.733. The number of nitrogens with two attached hydrogens (primary N) is 1. The molecule has 0 saturated heterocycles. The summed E-state index contributed by atoms with van der Waals surface area (Å²) in [6.45, 7) is 5.09. The number of thiazole rings is 1. The third-order valence-electron chi connectivity index (χ3n) is 3.81. The molecule has 21 heavy (non-hydrogen) atoms. The maximum absolute atomic E-state index is 12.9. The van der Waals surface area contributed by atoms with E-state index in [4.69, 9.17) is 5.73 Å². The van der Waals surface area contributed by atoms with Crippen LogP contribution in [0.4, 0.5) is 10.9 Å². The number of hydrogen-bond donors (Lipinski definition) is 1. The summed E-state index contributed by atoms with van der Waals surface area (Å²) in [5.41, 5.74) is 5.97. The van der Waals surface area contributed by atoms with Crippen molar-refractivity contribution in [1.82, 2.24) is 9.88 Å². The van der Waals surface area contributed by atoms with E-state index in [1.807, 2.05) is 23.9 Å². The van der Waals surface area contributed by atoms with Crippen LogP contribution in [0.15, 0.2) is 0 Å². The van der Waals surface area contributed by atoms with Crippen molar-refractivity contribution in [3.63, 3.8) is 0 Å². The predicted molar refractivity (Wildman–Crippen MR) is 89.0 cm³/mol. The van der Waals surface area contributed by atoms with Crippen LogP contribution in [0.3, 0.4) is 0 Å². The van der Waals surface area contributed by atoms with Gasteiger partial charge in [-0.15, -0.1) is 0 Å². The molecule has 1 saturated carbocycles. The lowest BCUT2D eigenvalue weighted by atomic mass is 10.1. The Morgan fingerprint density at radius 1 is 1.38 bits per heavy atom. The van der Waals surface area contributed by atoms with E-state index < -0.39 is 0 Å². The normalized spacial score (nSPS) is 15.7. The highest BCUT2D eigenvalue weighted by atomic mass is 32.1. The quantitative estimate of drug-likeness (QED) is 0.908. The Morgan fingerprint density at radius 3 is 2.48 bits per heavy atom. The van der Waals surface area contributed by atoms with Crippen molar-refractivity contribution in [2.45, 2.75) is 45.6 Å². The molecule has 1 fully saturated rings. The smallest absolute Gasteiger partial charge is 0.268 e. The van der Waals surface area contributed by atoms with Gasteiger partial charge in [0.25, 0.3) is 5.91 Å². The Balaban J connectivity index is 2.24. The number of hydrogen-bond acceptors (Lipinski definition) is 5. The number of nitrogen functional groups attached to an aromatic ring is 1. The van der Waals surface area contributed by atoms with Crippen LogP contribution in [0.2, 0.25) is 0 Å². The Bertz CT molecular complexity index is 492. The molecule has 1 aromatic heterocycles. The second-order valence-corrected chi connectivity index (χ2v) is 7.37. The van der Waals surface area contributed by atoms with Crippen molar-refractivity contribution < 1.29 is 4.79 Å². The molecule has 1 aliphatic rings. The van der Waals surface area contributed by atoms with Gasteiger partial charge >= 0.3 is 0 Å². The van der Waals surface area contributed by atoms with Gasteiger partial charge in [0.1, 0.15) is 10.7 Å². The summed E-state index contributed by atoms with van der Waals surface area (Å²) >= 11 is 1.39. The first-order chi connectivity index (χ1) is 9.90. The summed E-state index contributed by atoms with van der Waals surface area (Å²) in [6, 6.07) is 0.365. The highest BCUT2D eigenvalue weighted by Crippen LogP contribution is 2.31. The zero-order chi connectivity index (χ0) is 15.6. The molecule has 0 unspecified atom stereocenters. The van der Waals surface area contributed by atoms with Crippen LogP contribution in [-0.4, -0.2) is 42.5 Å². The number of amides is 1. The van der Waals surface area contributed by atoms with Crippen LogP contribution >= 0.6 is 11.3 Å². The zero-order valence-corrected chi connectivity index (χ0v) is 14.2. The Labute approximate surface area is 131 Å². The highest BCUT2D eigenvalue weighted by molar-refractivity contribution is 7.18. The van der Waals surface area contributed by atoms with Crippen molar-refractivity contribution in [3.05, 3.63) is 4.88 Å². The molecule has 1 aromatic rings. The average molecular weight is 310 g/mol. The molecule has 0 aromatic carbocycles. The first-order valence-electron chi connectivity index (χ1n) is 7.64. The lowest BCUT2D eigenvalue weighted by Crippen LogP contribution is -2.41. The number of aromatic nitrogens is 1. The van der Waals surface area contributed by atoms with E-state index >= 15 is 0 Å². The van der Waals surface area contributed by atoms with Crippen LogP contribution in [0.1, 0.15) is 49.2 Å². The van der Waals surface area contributed by atoms with Crippen molar-refractivity contribution in [2.24, 2.45) is 5.92 Å². The third kappa shape index (κ3) is 3.67. The fourth-order valence-electron chi connectivity index (χ4n) is 2.80. The van der Waals surface area contributed by atoms with Gasteiger partial charge < -0.3 is 15.5 Å². The lowest BCUT2D eigenvalue weighted by molar-refractivity contribution is 0.0661. The zero-order valence-electron chi connectivity index (χ0n) is 13.4. The molecular formula is C15H26N4OS. The molecule has 0 atom stereocenters. The van der Waals surface area contributed by atoms with E-state index in [9.17, 15) is 4.79 Å². The van der Waals surface area contributed by atoms with Gasteiger partial charge in [0.2, 0.25) is 0 Å². The fourth-order valence-corrected chi connectivity index (χ4v) is 3.67. The summed E-state index contributed by atoms with van der Waals surface area (Å²) in [6.07, 6.45) is 4.65. The van der Waals surface area contributed by atoms with Crippen molar-refractivity contribution in [3.8, 4) is 0 Å². The van der Waals surface area contributed by atoms with E-state index in [0.29, 0.717) is 22.7 Å². The van der Waals surface area contributed by atoms with E-state index in [1.54, 1.807) is 0 Å². The standard InChI is InChI=1S/C15H26N4OS/c1-10(2)9-19(11-7-5-6-8-11)14(20)12-13(16)17-15(21-12)18(3)4/h10-11H,5-9,16H2,1-4H3. The number of carbonyl (C=O) groups is 1. The van der Waals surface area contributed by atoms with Gasteiger partial charge in [-0.05, 0) is 18.8 Å². The Hall–Kier alpha value is -1.30. The third-order valence-corrected chi connectivity index (χ3v) is 5.03. The summed E-state index contributed by atoms with van der Waals surface area (Å²) in [7, 11) is 3.82. The highest BCUT2D eigenvalue weighted by Gasteiger charge is 2.30. The molecule has 2 N–H and O–H groups in total. The van der Waals surface area contributed by atoms with Crippen molar-refractivity contribution >= 4 is 28.2 Å². The maximum Gasteiger partial charge on any atom is 0.268 e. The van der Waals surface area contributed by atoms with Gasteiger partial charge in [-0.1, -0.05) is 38.0 Å². The molecule has 1 aliphatic carbocycles. The summed E-state index contributed by atoms with van der Waals surface area (Å²) < 4.78 is 0. The lowest BCUT2D eigenvalue weighted by Gasteiger charge is -2.30. The summed E-state index contributed by atoms with van der Waals surface area (Å²) in [5, 5.41) is 0.784. The van der Waals surface area contributed by atoms with E-state index in [1.165, 1.54) is 24.2 Å². The molecule has 0 bridgehead atoms. The van der Waals surface area contributed by atoms with Gasteiger partial charge in [0, 0.05) is 26.7 Å². The van der Waals surface area contributed by atoms with Crippen LogP contribution in [0, 0.1) is 5.92 Å². The van der Waals surface area contributed by atoms with E-state index in [-0.39, 0.29) is 5.91 Å². The average Bonchev–Trinajstić information content (AvgIpc) is 3.04. The summed E-state index contributed by atoms with van der Waals surface area (Å²) in [5.74, 6) is 0.871. The number of anilines is 2. The largest absolute Gasteiger partial charge is 0.382 e. The molecule has 0 radical (unpaired) electrons. The minimum atomic E-state index is 0.0544. The van der Waals surface area contributed by atoms with Crippen LogP contribution < -0.4 is 10.6 Å². The molecular weight excluding hydrogens is 284 g/mol. The number of rotatable bonds is 5. The van der Waals surface area contributed by atoms with Crippen molar-refractivity contribution in [2.75, 3.05) is 31.3 Å². The first kappa shape index (κ1) is 16.1. The molecule has 6 heteroatoms. The second-order valence-electron chi connectivity index (χ2n) is 6.39. The topological polar surface area (TPSA) is 62.5 Å². The Morgan fingerprint density at radius 2 is 2.00 bits per heavy atom. The van der Waals surface area contributed by atoms with Crippen LogP contribution in [0.5, 0.6) is 0 Å². The molecule has 5 nitrogen and oxygen atoms in total. The van der Waals surface area contributed by atoms with E-state index in [0.717, 1.165) is 24.5 Å². The van der Waals surface area contributed by atoms with Gasteiger partial charge in [0.05, 0.1) is 0 Å². The van der Waals surface area contributed by atoms with Gasteiger partial charge in [-0.3, -0.25) is 4.79 Å². The molecule has 0 spiro atoms. The second kappa shape index (κ2) is 6.64. The van der Waals surface area contributed by atoms with Crippen LogP contribution in [-0.2, 0) is 0 Å². The molecule has 118 valence electrons. The SMILES string of the molecule is CC(C)CN(C(=O)c1sc(N(C)C)nc1N)C1CCCC1. The number of carbonyl (C=O) groups excluding carboxylic acids is 1. The summed E-state index contributed by atoms with van der Waals surface area (Å²) in [4.78, 5) is 21.7. The van der Waals surface area contributed by atoms with Gasteiger partial charge in [0.15, 0.2) is 5.13 Å². The maximum atomic E-state index is 12.9. The van der Waals surface area contributed by atoms with Crippen molar-refractivity contribution in [1.29, 1.82) is 0 Å². The Kier molecular flexibility index (Phi) is 5.08. The van der Waals surface area contributed by atoms with Crippen LogP contribution in [0.25, 0.3) is 0 Å². The minimum Gasteiger partial charge on any atom is -0.382 e. The molecule has 1 heterocycles. The molecule has 1 amide bonds. The minimum absolute atomic E-state index is 0.0544.